The van der Waals surface area contributed by atoms with Gasteiger partial charge in [-0.05, 0) is 26.0 Å². The van der Waals surface area contributed by atoms with Crippen molar-refractivity contribution in [2.24, 2.45) is 0 Å². The Balaban J connectivity index is 2.20. The van der Waals surface area contributed by atoms with Crippen molar-refractivity contribution in [3.05, 3.63) is 41.5 Å². The minimum absolute atomic E-state index is 0.673. The molecule has 0 aliphatic carbocycles. The minimum atomic E-state index is 0.673. The fraction of sp³-hybridized carbons (Fsp3) is 0.308. The van der Waals surface area contributed by atoms with Gasteiger partial charge in [0, 0.05) is 5.56 Å². The van der Waals surface area contributed by atoms with Crippen LogP contribution in [-0.2, 0) is 6.54 Å². The summed E-state index contributed by atoms with van der Waals surface area (Å²) in [5.74, 6) is 0.673. The van der Waals surface area contributed by atoms with Gasteiger partial charge in [-0.3, -0.25) is 0 Å². The Kier molecular flexibility index (Phi) is 3.32. The Morgan fingerprint density at radius 2 is 1.82 bits per heavy atom. The zero-order valence-corrected chi connectivity index (χ0v) is 10.4. The second kappa shape index (κ2) is 4.91. The lowest BCUT2D eigenvalue weighted by Crippen LogP contribution is -2.04. The first-order chi connectivity index (χ1) is 8.16. The van der Waals surface area contributed by atoms with Gasteiger partial charge in [0.15, 0.2) is 0 Å². The third kappa shape index (κ3) is 2.78. The Labute approximate surface area is 101 Å². The van der Waals surface area contributed by atoms with Crippen LogP contribution in [0, 0.1) is 0 Å². The van der Waals surface area contributed by atoms with E-state index in [0.717, 1.165) is 5.56 Å². The van der Waals surface area contributed by atoms with Gasteiger partial charge in [-0.25, -0.2) is 0 Å². The van der Waals surface area contributed by atoms with Gasteiger partial charge < -0.3 is 0 Å². The Hall–Kier alpha value is -1.97. The van der Waals surface area contributed by atoms with Gasteiger partial charge in [0.1, 0.15) is 0 Å². The van der Waals surface area contributed by atoms with E-state index in [1.54, 1.807) is 4.80 Å². The molecule has 88 valence electrons. The molecular formula is C13H16N4. The topological polar surface area (TPSA) is 43.6 Å². The van der Waals surface area contributed by atoms with E-state index in [0.29, 0.717) is 12.4 Å². The normalized spacial score (nSPS) is 10.3. The molecule has 0 aliphatic heterocycles. The number of allylic oxidation sites excluding steroid dienone is 2. The molecule has 0 bridgehead atoms. The molecule has 17 heavy (non-hydrogen) atoms. The van der Waals surface area contributed by atoms with E-state index in [1.807, 2.05) is 30.3 Å². The second-order valence-corrected chi connectivity index (χ2v) is 4.29. The smallest absolute Gasteiger partial charge is 0.160 e. The van der Waals surface area contributed by atoms with E-state index in [-0.39, 0.29) is 0 Å². The highest BCUT2D eigenvalue weighted by Gasteiger charge is 2.05. The molecule has 2 aromatic rings. The monoisotopic (exact) mass is 228 g/mol. The largest absolute Gasteiger partial charge is 0.204 e. The summed E-state index contributed by atoms with van der Waals surface area (Å²) in [6.07, 6.45) is 0. The van der Waals surface area contributed by atoms with Crippen LogP contribution in [0.3, 0.4) is 0 Å². The highest BCUT2D eigenvalue weighted by Crippen LogP contribution is 2.12. The standard InChI is InChI=1S/C13H16N4/c1-10(2)11(3)9-17-15-13(14-16-17)12-7-5-4-6-8-12/h4-8H,9H2,1-3H3. The fourth-order valence-electron chi connectivity index (χ4n) is 1.38. The maximum absolute atomic E-state index is 4.36. The predicted octanol–water partition coefficient (Wildman–Crippen LogP) is 2.70. The van der Waals surface area contributed by atoms with Gasteiger partial charge in [-0.15, -0.1) is 10.2 Å². The van der Waals surface area contributed by atoms with Crippen LogP contribution >= 0.6 is 0 Å². The van der Waals surface area contributed by atoms with Crippen LogP contribution in [0.15, 0.2) is 41.5 Å². The van der Waals surface area contributed by atoms with E-state index < -0.39 is 0 Å². The lowest BCUT2D eigenvalue weighted by molar-refractivity contribution is 0.564. The first-order valence-electron chi connectivity index (χ1n) is 5.63. The number of nitrogens with zero attached hydrogens (tertiary/aromatic N) is 4. The highest BCUT2D eigenvalue weighted by atomic mass is 15.6. The van der Waals surface area contributed by atoms with Gasteiger partial charge in [0.25, 0.3) is 0 Å². The van der Waals surface area contributed by atoms with Gasteiger partial charge in [-0.2, -0.15) is 4.80 Å². The summed E-state index contributed by atoms with van der Waals surface area (Å²) in [6.45, 7) is 6.96. The van der Waals surface area contributed by atoms with Crippen molar-refractivity contribution in [2.45, 2.75) is 27.3 Å². The summed E-state index contributed by atoms with van der Waals surface area (Å²) in [4.78, 5) is 1.63. The molecule has 0 saturated heterocycles. The fourth-order valence-corrected chi connectivity index (χ4v) is 1.38. The van der Waals surface area contributed by atoms with E-state index in [2.05, 4.69) is 36.2 Å². The number of benzene rings is 1. The van der Waals surface area contributed by atoms with Crippen molar-refractivity contribution < 1.29 is 0 Å². The van der Waals surface area contributed by atoms with Crippen LogP contribution in [0.4, 0.5) is 0 Å². The van der Waals surface area contributed by atoms with Gasteiger partial charge in [0.2, 0.25) is 5.82 Å². The summed E-state index contributed by atoms with van der Waals surface area (Å²) in [6, 6.07) is 9.88. The molecule has 0 unspecified atom stereocenters. The van der Waals surface area contributed by atoms with Crippen molar-refractivity contribution in [2.75, 3.05) is 0 Å². The van der Waals surface area contributed by atoms with Crippen molar-refractivity contribution in [3.8, 4) is 11.4 Å². The van der Waals surface area contributed by atoms with Crippen LogP contribution in [0.25, 0.3) is 11.4 Å². The van der Waals surface area contributed by atoms with E-state index >= 15 is 0 Å². The summed E-state index contributed by atoms with van der Waals surface area (Å²) >= 11 is 0. The minimum Gasteiger partial charge on any atom is -0.160 e. The lowest BCUT2D eigenvalue weighted by Gasteiger charge is -2.01. The molecule has 4 nitrogen and oxygen atoms in total. The Morgan fingerprint density at radius 3 is 2.47 bits per heavy atom. The van der Waals surface area contributed by atoms with Gasteiger partial charge in [0.05, 0.1) is 6.54 Å². The van der Waals surface area contributed by atoms with Crippen LogP contribution in [-0.4, -0.2) is 20.2 Å². The van der Waals surface area contributed by atoms with Crippen LogP contribution in [0.5, 0.6) is 0 Å². The highest BCUT2D eigenvalue weighted by molar-refractivity contribution is 5.52. The van der Waals surface area contributed by atoms with Gasteiger partial charge >= 0.3 is 0 Å². The third-order valence-corrected chi connectivity index (χ3v) is 2.72. The van der Waals surface area contributed by atoms with E-state index in [1.165, 1.54) is 11.1 Å². The van der Waals surface area contributed by atoms with Crippen molar-refractivity contribution >= 4 is 0 Å². The second-order valence-electron chi connectivity index (χ2n) is 4.29. The van der Waals surface area contributed by atoms with Crippen molar-refractivity contribution in [1.82, 2.24) is 20.2 Å². The molecule has 0 saturated carbocycles. The molecule has 2 rings (SSSR count). The average molecular weight is 228 g/mol. The summed E-state index contributed by atoms with van der Waals surface area (Å²) in [5, 5.41) is 12.5. The molecular weight excluding hydrogens is 212 g/mol. The Morgan fingerprint density at radius 1 is 1.12 bits per heavy atom. The van der Waals surface area contributed by atoms with Gasteiger partial charge in [-0.1, -0.05) is 41.5 Å². The first kappa shape index (κ1) is 11.5. The van der Waals surface area contributed by atoms with Crippen LogP contribution in [0.1, 0.15) is 20.8 Å². The maximum Gasteiger partial charge on any atom is 0.204 e. The first-order valence-corrected chi connectivity index (χ1v) is 5.63. The molecule has 0 aliphatic rings. The summed E-state index contributed by atoms with van der Waals surface area (Å²) in [5.41, 5.74) is 3.55. The van der Waals surface area contributed by atoms with Crippen molar-refractivity contribution in [1.29, 1.82) is 0 Å². The molecule has 0 spiro atoms. The van der Waals surface area contributed by atoms with E-state index in [4.69, 9.17) is 0 Å². The van der Waals surface area contributed by atoms with Crippen LogP contribution in [0.2, 0.25) is 0 Å². The molecule has 0 amide bonds. The SMILES string of the molecule is CC(C)=C(C)Cn1nnc(-c2ccccc2)n1. The number of hydrogen-bond acceptors (Lipinski definition) is 3. The number of tetrazole rings is 1. The molecule has 1 aromatic heterocycles. The zero-order valence-electron chi connectivity index (χ0n) is 10.4. The Bertz CT molecular complexity index is 521. The molecule has 0 atom stereocenters. The van der Waals surface area contributed by atoms with Crippen LogP contribution < -0.4 is 0 Å². The quantitative estimate of drug-likeness (QED) is 0.759. The third-order valence-electron chi connectivity index (χ3n) is 2.72. The maximum atomic E-state index is 4.36. The average Bonchev–Trinajstić information content (AvgIpc) is 2.78. The summed E-state index contributed by atoms with van der Waals surface area (Å²) < 4.78 is 0. The summed E-state index contributed by atoms with van der Waals surface area (Å²) in [7, 11) is 0. The predicted molar refractivity (Wildman–Crippen MR) is 67.3 cm³/mol. The molecule has 1 aromatic carbocycles. The van der Waals surface area contributed by atoms with E-state index in [9.17, 15) is 0 Å². The number of aromatic nitrogens is 4. The zero-order chi connectivity index (χ0) is 12.3. The molecule has 0 N–H and O–H groups in total. The molecule has 0 fully saturated rings. The van der Waals surface area contributed by atoms with Crippen molar-refractivity contribution in [3.63, 3.8) is 0 Å². The molecule has 1 heterocycles. The lowest BCUT2D eigenvalue weighted by atomic mass is 10.2. The number of rotatable bonds is 3. The molecule has 0 radical (unpaired) electrons. The molecule has 4 heteroatoms. The number of hydrogen-bond donors (Lipinski definition) is 0.